The van der Waals surface area contributed by atoms with E-state index in [1.54, 1.807) is 0 Å². The van der Waals surface area contributed by atoms with E-state index in [1.165, 1.54) is 0 Å². The summed E-state index contributed by atoms with van der Waals surface area (Å²) in [6.45, 7) is 10.4. The van der Waals surface area contributed by atoms with Crippen LogP contribution < -0.4 is 0 Å². The first kappa shape index (κ1) is 18.9. The van der Waals surface area contributed by atoms with Crippen LogP contribution in [0.15, 0.2) is 24.3 Å². The first-order valence-corrected chi connectivity index (χ1v) is 6.06. The van der Waals surface area contributed by atoms with Crippen molar-refractivity contribution in [2.24, 2.45) is 0 Å². The molecule has 1 aliphatic heterocycles. The first-order valence-electron chi connectivity index (χ1n) is 6.06. The predicted octanol–water partition coefficient (Wildman–Crippen LogP) is 2.82. The van der Waals surface area contributed by atoms with Crippen molar-refractivity contribution < 1.29 is 9.53 Å². The second-order valence-corrected chi connectivity index (χ2v) is 3.60. The van der Waals surface area contributed by atoms with E-state index in [1.807, 2.05) is 43.0 Å². The molecular weight excluding hydrogens is 493 g/mol. The Morgan fingerprint density at radius 1 is 1.16 bits per heavy atom. The molecule has 0 spiro atoms. The van der Waals surface area contributed by atoms with Gasteiger partial charge in [0, 0.05) is 18.7 Å². The second kappa shape index (κ2) is 9.54. The van der Waals surface area contributed by atoms with Gasteiger partial charge >= 0.3 is 0 Å². The van der Waals surface area contributed by atoms with Crippen molar-refractivity contribution in [3.8, 4) is 0 Å². The van der Waals surface area contributed by atoms with Gasteiger partial charge in [-0.3, -0.25) is 4.79 Å². The van der Waals surface area contributed by atoms with Crippen molar-refractivity contribution in [2.45, 2.75) is 13.8 Å². The van der Waals surface area contributed by atoms with Crippen LogP contribution in [0, 0.1) is 14.4 Å². The maximum absolute atomic E-state index is 12.0. The number of amides is 1. The zero-order valence-electron chi connectivity index (χ0n) is 12.3. The maximum atomic E-state index is 12.0. The minimum atomic E-state index is 0. The number of morpholine rings is 1. The number of hydrogen-bond acceptors (Lipinski definition) is 2. The van der Waals surface area contributed by atoms with E-state index in [0.29, 0.717) is 26.3 Å². The summed E-state index contributed by atoms with van der Waals surface area (Å²) in [6, 6.07) is 7.35. The minimum Gasteiger partial charge on any atom is -0.378 e. The van der Waals surface area contributed by atoms with Crippen LogP contribution in [0.3, 0.4) is 0 Å². The molecule has 0 unspecified atom stereocenters. The molecule has 1 amide bonds. The summed E-state index contributed by atoms with van der Waals surface area (Å²) in [5.74, 6) is 0.0818. The molecule has 0 saturated carbocycles. The molecule has 1 aromatic carbocycles. The minimum absolute atomic E-state index is 0. The summed E-state index contributed by atoms with van der Waals surface area (Å²) in [5.41, 5.74) is 1.65. The van der Waals surface area contributed by atoms with Crippen LogP contribution in [0.5, 0.6) is 0 Å². The molecule has 1 aromatic rings. The van der Waals surface area contributed by atoms with Crippen molar-refractivity contribution in [1.29, 1.82) is 0 Å². The van der Waals surface area contributed by atoms with Crippen LogP contribution in [0.25, 0.3) is 0 Å². The molecule has 4 heteroatoms. The molecule has 0 aromatic heterocycles. The number of nitrogens with zero attached hydrogens (tertiary/aromatic N) is 1. The number of carbonyl (C=O) groups excluding carboxylic acids is 1. The topological polar surface area (TPSA) is 29.5 Å². The number of benzene rings is 1. The molecule has 2 rings (SSSR count). The Labute approximate surface area is 111 Å². The standard InChI is InChI=1S/C12H14NO2.C2H6.CH3.Rf/c1-10-2-4-11(5-3-10)12(14)13-6-8-15-9-7-13;1-2;;/h2-5H,1,6-9H2;1-2H3;1H3;/q-1;;-1;. The third-order valence-corrected chi connectivity index (χ3v) is 2.50. The molecule has 1 aliphatic rings. The fourth-order valence-corrected chi connectivity index (χ4v) is 1.60. The fourth-order valence-electron chi connectivity index (χ4n) is 1.60. The molecule has 104 valence electrons. The first-order chi connectivity index (χ1) is 8.27. The van der Waals surface area contributed by atoms with Gasteiger partial charge in [0.1, 0.15) is 0 Å². The second-order valence-electron chi connectivity index (χ2n) is 3.60. The summed E-state index contributed by atoms with van der Waals surface area (Å²) >= 11 is 0. The number of rotatable bonds is 1. The molecule has 3 nitrogen and oxygen atoms in total. The van der Waals surface area contributed by atoms with E-state index >= 15 is 0 Å². The molecule has 0 radical (unpaired) electrons. The molecule has 1 heterocycles. The van der Waals surface area contributed by atoms with Crippen LogP contribution in [0.1, 0.15) is 29.8 Å². The van der Waals surface area contributed by atoms with Crippen LogP contribution in [0.2, 0.25) is 0 Å². The van der Waals surface area contributed by atoms with Crippen molar-refractivity contribution in [3.05, 3.63) is 49.7 Å². The van der Waals surface area contributed by atoms with E-state index in [0.717, 1.165) is 11.1 Å². The SMILES string of the molecule is CC.[CH2-]c1ccc(C(=O)N2CCOCC2)cc1.[CH3-].[Rf]. The summed E-state index contributed by atoms with van der Waals surface area (Å²) in [5, 5.41) is 0. The number of hydrogen-bond donors (Lipinski definition) is 0. The predicted molar refractivity (Wildman–Crippen MR) is 75.4 cm³/mol. The fraction of sp³-hybridized carbons (Fsp3) is 0.400. The molecule has 1 saturated heterocycles. The normalized spacial score (nSPS) is 13.3. The Hall–Kier alpha value is -2.48. The Balaban J connectivity index is 0. The van der Waals surface area contributed by atoms with Crippen molar-refractivity contribution in [1.82, 2.24) is 4.90 Å². The third kappa shape index (κ3) is 5.13. The van der Waals surface area contributed by atoms with Crippen molar-refractivity contribution in [3.63, 3.8) is 0 Å². The average Bonchev–Trinajstić information content (AvgIpc) is 2.42. The number of ether oxygens (including phenoxy) is 1. The van der Waals surface area contributed by atoms with Crippen molar-refractivity contribution in [2.75, 3.05) is 26.3 Å². The molecule has 0 aliphatic carbocycles. The Bertz CT molecular complexity index is 346. The van der Waals surface area contributed by atoms with Gasteiger partial charge < -0.3 is 17.1 Å². The van der Waals surface area contributed by atoms with E-state index < -0.39 is 0 Å². The van der Waals surface area contributed by atoms with Crippen molar-refractivity contribution >= 4 is 5.91 Å². The molecule has 0 N–H and O–H groups in total. The Morgan fingerprint density at radius 2 is 1.63 bits per heavy atom. The van der Waals surface area contributed by atoms with Gasteiger partial charge in [0.15, 0.2) is 0 Å². The van der Waals surface area contributed by atoms with E-state index in [2.05, 4.69) is 6.92 Å². The molecule has 1 fully saturated rings. The number of carbonyl (C=O) groups is 1. The Morgan fingerprint density at radius 3 is 2.11 bits per heavy atom. The van der Waals surface area contributed by atoms with Gasteiger partial charge in [-0.05, 0) is 0 Å². The largest absolute Gasteiger partial charge is 0.378 e. The molecular formula is C15H23NO2Rf-2. The summed E-state index contributed by atoms with van der Waals surface area (Å²) in [4.78, 5) is 13.8. The summed E-state index contributed by atoms with van der Waals surface area (Å²) < 4.78 is 5.20. The van der Waals surface area contributed by atoms with Crippen LogP contribution in [-0.4, -0.2) is 37.1 Å². The van der Waals surface area contributed by atoms with Gasteiger partial charge in [0.25, 0.3) is 5.91 Å². The summed E-state index contributed by atoms with van der Waals surface area (Å²) in [7, 11) is 0. The maximum Gasteiger partial charge on any atom is 0.251 e. The monoisotopic (exact) mass is 516 g/mol. The van der Waals surface area contributed by atoms with Gasteiger partial charge in [-0.15, -0.1) is 12.1 Å². The quantitative estimate of drug-likeness (QED) is 0.538. The van der Waals surface area contributed by atoms with Gasteiger partial charge in [-0.1, -0.05) is 13.8 Å². The van der Waals surface area contributed by atoms with Gasteiger partial charge in [0.2, 0.25) is 0 Å². The molecule has 0 atom stereocenters. The van der Waals surface area contributed by atoms with E-state index in [9.17, 15) is 4.79 Å². The summed E-state index contributed by atoms with van der Waals surface area (Å²) in [6.07, 6.45) is 0. The van der Waals surface area contributed by atoms with Crippen LogP contribution >= 0.6 is 0 Å². The third-order valence-electron chi connectivity index (χ3n) is 2.50. The smallest absolute Gasteiger partial charge is 0.251 e. The zero-order valence-corrected chi connectivity index (χ0v) is 18.7. The van der Waals surface area contributed by atoms with Gasteiger partial charge in [0.05, 0.1) is 13.2 Å². The van der Waals surface area contributed by atoms with Gasteiger partial charge in [-0.25, -0.2) is 0 Å². The van der Waals surface area contributed by atoms with Gasteiger partial charge in [-0.2, -0.15) is 24.6 Å². The van der Waals surface area contributed by atoms with Crippen LogP contribution in [-0.2, 0) is 4.74 Å². The molecule has 19 heavy (non-hydrogen) atoms. The van der Waals surface area contributed by atoms with E-state index in [-0.39, 0.29) is 13.3 Å². The Kier molecular flexibility index (Phi) is 9.48. The average molecular weight is 516 g/mol. The van der Waals surface area contributed by atoms with E-state index in [4.69, 9.17) is 4.74 Å². The van der Waals surface area contributed by atoms with Crippen LogP contribution in [0.4, 0.5) is 0 Å². The molecule has 0 bridgehead atoms. The zero-order chi connectivity index (χ0) is 12.7.